The van der Waals surface area contributed by atoms with Crippen LogP contribution in [0.25, 0.3) is 0 Å². The molecule has 1 aromatic rings. The van der Waals surface area contributed by atoms with Crippen molar-refractivity contribution in [1.82, 2.24) is 5.32 Å². The predicted molar refractivity (Wildman–Crippen MR) is 87.2 cm³/mol. The van der Waals surface area contributed by atoms with Gasteiger partial charge in [0.25, 0.3) is 0 Å². The Morgan fingerprint density at radius 2 is 1.95 bits per heavy atom. The molecule has 116 valence electrons. The Hall–Kier alpha value is -0.860. The van der Waals surface area contributed by atoms with E-state index in [1.807, 2.05) is 0 Å². The second-order valence-electron chi connectivity index (χ2n) is 7.66. The Kier molecular flexibility index (Phi) is 4.37. The molecule has 1 aromatic carbocycles. The maximum absolute atomic E-state index is 9.51. The SMILES string of the molecule is CC1(C)CCc2ccccc2C1NCC1CCCC1CO. The minimum Gasteiger partial charge on any atom is -0.396 e. The summed E-state index contributed by atoms with van der Waals surface area (Å²) in [5.41, 5.74) is 3.31. The van der Waals surface area contributed by atoms with Crippen molar-refractivity contribution in [2.45, 2.75) is 52.0 Å². The van der Waals surface area contributed by atoms with E-state index in [0.717, 1.165) is 6.54 Å². The van der Waals surface area contributed by atoms with E-state index in [1.54, 1.807) is 0 Å². The fourth-order valence-corrected chi connectivity index (χ4v) is 4.34. The smallest absolute Gasteiger partial charge is 0.0462 e. The summed E-state index contributed by atoms with van der Waals surface area (Å²) in [6, 6.07) is 9.35. The second-order valence-corrected chi connectivity index (χ2v) is 7.66. The highest BCUT2D eigenvalue weighted by molar-refractivity contribution is 5.34. The van der Waals surface area contributed by atoms with Gasteiger partial charge < -0.3 is 10.4 Å². The summed E-state index contributed by atoms with van der Waals surface area (Å²) in [5, 5.41) is 13.4. The molecule has 1 saturated carbocycles. The topological polar surface area (TPSA) is 32.3 Å². The molecule has 0 aliphatic heterocycles. The molecular formula is C19H29NO. The number of aryl methyl sites for hydroxylation is 1. The Balaban J connectivity index is 1.74. The Morgan fingerprint density at radius 3 is 2.76 bits per heavy atom. The van der Waals surface area contributed by atoms with Crippen LogP contribution >= 0.6 is 0 Å². The van der Waals surface area contributed by atoms with Crippen LogP contribution in [-0.4, -0.2) is 18.3 Å². The van der Waals surface area contributed by atoms with Crippen LogP contribution in [0.15, 0.2) is 24.3 Å². The van der Waals surface area contributed by atoms with E-state index in [-0.39, 0.29) is 0 Å². The number of hydrogen-bond donors (Lipinski definition) is 2. The van der Waals surface area contributed by atoms with Crippen molar-refractivity contribution in [3.63, 3.8) is 0 Å². The van der Waals surface area contributed by atoms with Gasteiger partial charge in [-0.2, -0.15) is 0 Å². The highest BCUT2D eigenvalue weighted by atomic mass is 16.3. The maximum Gasteiger partial charge on any atom is 0.0462 e. The molecule has 3 atom stereocenters. The van der Waals surface area contributed by atoms with E-state index in [0.29, 0.717) is 29.9 Å². The number of nitrogens with one attached hydrogen (secondary N) is 1. The lowest BCUT2D eigenvalue weighted by molar-refractivity contribution is 0.168. The zero-order valence-electron chi connectivity index (χ0n) is 13.4. The zero-order valence-corrected chi connectivity index (χ0v) is 13.4. The highest BCUT2D eigenvalue weighted by Gasteiger charge is 2.36. The van der Waals surface area contributed by atoms with Crippen LogP contribution in [0, 0.1) is 17.3 Å². The molecule has 0 bridgehead atoms. The summed E-state index contributed by atoms with van der Waals surface area (Å²) in [4.78, 5) is 0. The van der Waals surface area contributed by atoms with E-state index >= 15 is 0 Å². The van der Waals surface area contributed by atoms with Crippen LogP contribution in [0.5, 0.6) is 0 Å². The molecule has 0 heterocycles. The zero-order chi connectivity index (χ0) is 14.9. The van der Waals surface area contributed by atoms with Gasteiger partial charge in [0.2, 0.25) is 0 Å². The van der Waals surface area contributed by atoms with E-state index in [2.05, 4.69) is 43.4 Å². The molecule has 2 heteroatoms. The van der Waals surface area contributed by atoms with Crippen molar-refractivity contribution in [3.8, 4) is 0 Å². The molecule has 0 spiro atoms. The van der Waals surface area contributed by atoms with Gasteiger partial charge in [-0.3, -0.25) is 0 Å². The molecule has 3 unspecified atom stereocenters. The van der Waals surface area contributed by atoms with Crippen molar-refractivity contribution >= 4 is 0 Å². The molecule has 0 radical (unpaired) electrons. The second kappa shape index (κ2) is 6.10. The largest absolute Gasteiger partial charge is 0.396 e. The quantitative estimate of drug-likeness (QED) is 0.885. The molecule has 2 N–H and O–H groups in total. The number of fused-ring (bicyclic) bond motifs is 1. The molecule has 2 nitrogen and oxygen atoms in total. The monoisotopic (exact) mass is 287 g/mol. The Morgan fingerprint density at radius 1 is 1.19 bits per heavy atom. The third kappa shape index (κ3) is 3.02. The molecule has 0 aromatic heterocycles. The van der Waals surface area contributed by atoms with Crippen LogP contribution < -0.4 is 5.32 Å². The first-order valence-electron chi connectivity index (χ1n) is 8.54. The van der Waals surface area contributed by atoms with Gasteiger partial charge in [0, 0.05) is 12.6 Å². The van der Waals surface area contributed by atoms with Gasteiger partial charge in [-0.15, -0.1) is 0 Å². The van der Waals surface area contributed by atoms with Gasteiger partial charge >= 0.3 is 0 Å². The molecule has 3 rings (SSSR count). The third-order valence-electron chi connectivity index (χ3n) is 5.82. The predicted octanol–water partition coefficient (Wildman–Crippen LogP) is 3.70. The standard InChI is InChI=1S/C19H29NO/c1-19(2)11-10-14-6-3-4-9-17(14)18(19)20-12-15-7-5-8-16(15)13-21/h3-4,6,9,15-16,18,20-21H,5,7-8,10-13H2,1-2H3. The molecule has 2 aliphatic rings. The molecule has 1 fully saturated rings. The summed E-state index contributed by atoms with van der Waals surface area (Å²) >= 11 is 0. The normalized spacial score (nSPS) is 31.1. The van der Waals surface area contributed by atoms with Crippen LogP contribution in [0.2, 0.25) is 0 Å². The van der Waals surface area contributed by atoms with Gasteiger partial charge in [-0.05, 0) is 60.6 Å². The third-order valence-corrected chi connectivity index (χ3v) is 5.82. The minimum absolute atomic E-state index is 0.307. The Labute approximate surface area is 129 Å². The van der Waals surface area contributed by atoms with Gasteiger partial charge in [-0.25, -0.2) is 0 Å². The van der Waals surface area contributed by atoms with E-state index in [1.165, 1.54) is 43.2 Å². The van der Waals surface area contributed by atoms with E-state index in [4.69, 9.17) is 0 Å². The average molecular weight is 287 g/mol. The summed E-state index contributed by atoms with van der Waals surface area (Å²) < 4.78 is 0. The number of benzene rings is 1. The first-order valence-corrected chi connectivity index (χ1v) is 8.54. The lowest BCUT2D eigenvalue weighted by atomic mass is 9.70. The van der Waals surface area contributed by atoms with Crippen molar-refractivity contribution in [1.29, 1.82) is 0 Å². The summed E-state index contributed by atoms with van der Waals surface area (Å²) in [5.74, 6) is 1.17. The number of aliphatic hydroxyl groups excluding tert-OH is 1. The van der Waals surface area contributed by atoms with E-state index < -0.39 is 0 Å². The molecule has 0 saturated heterocycles. The molecular weight excluding hydrogens is 258 g/mol. The number of aliphatic hydroxyl groups is 1. The number of hydrogen-bond acceptors (Lipinski definition) is 2. The van der Waals surface area contributed by atoms with Crippen molar-refractivity contribution in [2.24, 2.45) is 17.3 Å². The van der Waals surface area contributed by atoms with Crippen molar-refractivity contribution < 1.29 is 5.11 Å². The Bertz CT molecular complexity index is 482. The van der Waals surface area contributed by atoms with Crippen molar-refractivity contribution in [3.05, 3.63) is 35.4 Å². The van der Waals surface area contributed by atoms with Gasteiger partial charge in [0.15, 0.2) is 0 Å². The molecule has 21 heavy (non-hydrogen) atoms. The first kappa shape index (κ1) is 15.1. The molecule has 0 amide bonds. The maximum atomic E-state index is 9.51. The summed E-state index contributed by atoms with van der Waals surface area (Å²) in [6.45, 7) is 6.18. The number of rotatable bonds is 4. The summed E-state index contributed by atoms with van der Waals surface area (Å²) in [6.07, 6.45) is 6.20. The van der Waals surface area contributed by atoms with Gasteiger partial charge in [-0.1, -0.05) is 44.5 Å². The van der Waals surface area contributed by atoms with Gasteiger partial charge in [0.1, 0.15) is 0 Å². The minimum atomic E-state index is 0.307. The van der Waals surface area contributed by atoms with Crippen molar-refractivity contribution in [2.75, 3.05) is 13.2 Å². The fourth-order valence-electron chi connectivity index (χ4n) is 4.34. The van der Waals surface area contributed by atoms with Crippen LogP contribution in [0.1, 0.15) is 56.7 Å². The highest BCUT2D eigenvalue weighted by Crippen LogP contribution is 2.43. The average Bonchev–Trinajstić information content (AvgIpc) is 2.93. The first-order chi connectivity index (χ1) is 10.1. The molecule has 2 aliphatic carbocycles. The van der Waals surface area contributed by atoms with E-state index in [9.17, 15) is 5.11 Å². The van der Waals surface area contributed by atoms with Crippen LogP contribution in [0.3, 0.4) is 0 Å². The lowest BCUT2D eigenvalue weighted by Gasteiger charge is -2.41. The summed E-state index contributed by atoms with van der Waals surface area (Å²) in [7, 11) is 0. The lowest BCUT2D eigenvalue weighted by Crippen LogP contribution is -2.40. The fraction of sp³-hybridized carbons (Fsp3) is 0.684. The van der Waals surface area contributed by atoms with Crippen LogP contribution in [-0.2, 0) is 6.42 Å². The van der Waals surface area contributed by atoms with Gasteiger partial charge in [0.05, 0.1) is 0 Å². The van der Waals surface area contributed by atoms with Crippen LogP contribution in [0.4, 0.5) is 0 Å².